The normalized spacial score (nSPS) is 10.8. The summed E-state index contributed by atoms with van der Waals surface area (Å²) in [6.45, 7) is 2.03. The van der Waals surface area contributed by atoms with Gasteiger partial charge in [0.15, 0.2) is 0 Å². The third kappa shape index (κ3) is 3.83. The van der Waals surface area contributed by atoms with E-state index in [0.717, 1.165) is 23.8 Å². The van der Waals surface area contributed by atoms with Crippen molar-refractivity contribution in [2.75, 3.05) is 0 Å². The van der Waals surface area contributed by atoms with E-state index in [4.69, 9.17) is 32.4 Å². The first-order valence-corrected chi connectivity index (χ1v) is 8.33. The summed E-state index contributed by atoms with van der Waals surface area (Å²) in [4.78, 5) is 27.7. The molecule has 2 heterocycles. The molecule has 3 aromatic rings. The van der Waals surface area contributed by atoms with E-state index in [1.165, 1.54) is 24.4 Å². The predicted octanol–water partition coefficient (Wildman–Crippen LogP) is 4.67. The molecular weight excluding hydrogens is 365 g/mol. The molecule has 0 amide bonds. The number of aromatic nitrogens is 1. The number of hydrogen-bond donors (Lipinski definition) is 0. The molecule has 0 atom stereocenters. The van der Waals surface area contributed by atoms with Crippen molar-refractivity contribution in [1.82, 2.24) is 4.98 Å². The van der Waals surface area contributed by atoms with Crippen LogP contribution in [-0.4, -0.2) is 11.0 Å². The second kappa shape index (κ2) is 7.25. The summed E-state index contributed by atoms with van der Waals surface area (Å²) in [5.41, 5.74) is 0.998. The lowest BCUT2D eigenvalue weighted by molar-refractivity contribution is 0.0734. The molecule has 0 radical (unpaired) electrons. The SMILES string of the molecule is CCCc1cc(=O)oc2cc(OC(=O)c3cnc(Cl)c(Cl)c3)ccc12. The molecule has 0 N–H and O–H groups in total. The Hall–Kier alpha value is -2.37. The third-order valence-electron chi connectivity index (χ3n) is 3.56. The zero-order chi connectivity index (χ0) is 18.0. The first kappa shape index (κ1) is 17.5. The fraction of sp³-hybridized carbons (Fsp3) is 0.167. The van der Waals surface area contributed by atoms with E-state index in [1.54, 1.807) is 12.1 Å². The second-order valence-electron chi connectivity index (χ2n) is 5.38. The van der Waals surface area contributed by atoms with E-state index in [2.05, 4.69) is 4.98 Å². The van der Waals surface area contributed by atoms with Crippen LogP contribution in [0.3, 0.4) is 0 Å². The summed E-state index contributed by atoms with van der Waals surface area (Å²) in [5, 5.41) is 1.08. The Labute approximate surface area is 153 Å². The standard InChI is InChI=1S/C18H13Cl2NO4/c1-2-3-10-7-16(22)25-15-8-12(4-5-13(10)15)24-18(23)11-6-14(19)17(20)21-9-11/h4-9H,2-3H2,1H3. The second-order valence-corrected chi connectivity index (χ2v) is 6.15. The quantitative estimate of drug-likeness (QED) is 0.286. The van der Waals surface area contributed by atoms with Crippen LogP contribution in [0.1, 0.15) is 29.3 Å². The van der Waals surface area contributed by atoms with Crippen LogP contribution >= 0.6 is 23.2 Å². The van der Waals surface area contributed by atoms with E-state index in [9.17, 15) is 9.59 Å². The van der Waals surface area contributed by atoms with Gasteiger partial charge in [0.05, 0.1) is 10.6 Å². The molecule has 3 rings (SSSR count). The van der Waals surface area contributed by atoms with Gasteiger partial charge in [-0.15, -0.1) is 0 Å². The summed E-state index contributed by atoms with van der Waals surface area (Å²) in [6, 6.07) is 7.78. The lowest BCUT2D eigenvalue weighted by Gasteiger charge is -2.07. The van der Waals surface area contributed by atoms with Crippen LogP contribution < -0.4 is 10.4 Å². The van der Waals surface area contributed by atoms with E-state index in [-0.39, 0.29) is 21.5 Å². The van der Waals surface area contributed by atoms with Gasteiger partial charge in [-0.3, -0.25) is 0 Å². The largest absolute Gasteiger partial charge is 0.423 e. The minimum absolute atomic E-state index is 0.106. The highest BCUT2D eigenvalue weighted by Gasteiger charge is 2.13. The molecule has 5 nitrogen and oxygen atoms in total. The highest BCUT2D eigenvalue weighted by molar-refractivity contribution is 6.41. The Morgan fingerprint density at radius 1 is 1.24 bits per heavy atom. The van der Waals surface area contributed by atoms with Crippen LogP contribution in [0.5, 0.6) is 5.75 Å². The number of ether oxygens (including phenoxy) is 1. The molecular formula is C18H13Cl2NO4. The van der Waals surface area contributed by atoms with Gasteiger partial charge in [0.2, 0.25) is 0 Å². The molecule has 0 bridgehead atoms. The number of hydrogen-bond acceptors (Lipinski definition) is 5. The van der Waals surface area contributed by atoms with Gasteiger partial charge in [0, 0.05) is 23.7 Å². The van der Waals surface area contributed by atoms with Gasteiger partial charge < -0.3 is 9.15 Å². The van der Waals surface area contributed by atoms with Crippen LogP contribution in [-0.2, 0) is 6.42 Å². The van der Waals surface area contributed by atoms with Crippen molar-refractivity contribution >= 4 is 40.1 Å². The highest BCUT2D eigenvalue weighted by atomic mass is 35.5. The molecule has 128 valence electrons. The zero-order valence-corrected chi connectivity index (χ0v) is 14.7. The summed E-state index contributed by atoms with van der Waals surface area (Å²) in [6.07, 6.45) is 2.94. The number of rotatable bonds is 4. The number of carbonyl (C=O) groups is 1. The van der Waals surface area contributed by atoms with Crippen LogP contribution in [0, 0.1) is 0 Å². The minimum atomic E-state index is -0.641. The molecule has 0 aliphatic heterocycles. The van der Waals surface area contributed by atoms with Crippen LogP contribution in [0.15, 0.2) is 45.7 Å². The average Bonchev–Trinajstić information content (AvgIpc) is 2.57. The van der Waals surface area contributed by atoms with Gasteiger partial charge in [0.25, 0.3) is 0 Å². The third-order valence-corrected chi connectivity index (χ3v) is 4.25. The van der Waals surface area contributed by atoms with Crippen molar-refractivity contribution in [3.63, 3.8) is 0 Å². The fourth-order valence-corrected chi connectivity index (χ4v) is 2.72. The Kier molecular flexibility index (Phi) is 5.06. The predicted molar refractivity (Wildman–Crippen MR) is 95.7 cm³/mol. The molecule has 7 heteroatoms. The van der Waals surface area contributed by atoms with Gasteiger partial charge in [-0.25, -0.2) is 14.6 Å². The highest BCUT2D eigenvalue weighted by Crippen LogP contribution is 2.25. The maximum absolute atomic E-state index is 12.2. The molecule has 0 aliphatic carbocycles. The lowest BCUT2D eigenvalue weighted by atomic mass is 10.1. The van der Waals surface area contributed by atoms with Crippen molar-refractivity contribution < 1.29 is 13.9 Å². The Morgan fingerprint density at radius 3 is 2.76 bits per heavy atom. The number of fused-ring (bicyclic) bond motifs is 1. The van der Waals surface area contributed by atoms with Crippen LogP contribution in [0.4, 0.5) is 0 Å². The van der Waals surface area contributed by atoms with Crippen molar-refractivity contribution in [2.24, 2.45) is 0 Å². The zero-order valence-electron chi connectivity index (χ0n) is 13.2. The number of nitrogens with zero attached hydrogens (tertiary/aromatic N) is 1. The summed E-state index contributed by atoms with van der Waals surface area (Å²) < 4.78 is 10.5. The van der Waals surface area contributed by atoms with Crippen molar-refractivity contribution in [1.29, 1.82) is 0 Å². The van der Waals surface area contributed by atoms with Crippen LogP contribution in [0.2, 0.25) is 10.2 Å². The Balaban J connectivity index is 1.92. The molecule has 0 fully saturated rings. The number of halogens is 2. The van der Waals surface area contributed by atoms with Crippen LogP contribution in [0.25, 0.3) is 11.0 Å². The van der Waals surface area contributed by atoms with Gasteiger partial charge in [-0.2, -0.15) is 0 Å². The Bertz CT molecular complexity index is 1010. The fourth-order valence-electron chi connectivity index (χ4n) is 2.45. The molecule has 2 aromatic heterocycles. The van der Waals surface area contributed by atoms with Crippen molar-refractivity contribution in [3.8, 4) is 5.75 Å². The summed E-state index contributed by atoms with van der Waals surface area (Å²) >= 11 is 11.6. The molecule has 0 aliphatic rings. The van der Waals surface area contributed by atoms with Gasteiger partial charge >= 0.3 is 11.6 Å². The number of aryl methyl sites for hydroxylation is 1. The van der Waals surface area contributed by atoms with Crippen molar-refractivity contribution in [2.45, 2.75) is 19.8 Å². The number of benzene rings is 1. The summed E-state index contributed by atoms with van der Waals surface area (Å²) in [7, 11) is 0. The van der Waals surface area contributed by atoms with E-state index in [1.807, 2.05) is 6.92 Å². The van der Waals surface area contributed by atoms with Gasteiger partial charge in [-0.05, 0) is 30.2 Å². The smallest absolute Gasteiger partial charge is 0.345 e. The maximum atomic E-state index is 12.2. The first-order valence-electron chi connectivity index (χ1n) is 7.58. The van der Waals surface area contributed by atoms with Gasteiger partial charge in [-0.1, -0.05) is 36.5 Å². The molecule has 0 spiro atoms. The lowest BCUT2D eigenvalue weighted by Crippen LogP contribution is -2.09. The van der Waals surface area contributed by atoms with E-state index in [0.29, 0.717) is 5.58 Å². The van der Waals surface area contributed by atoms with E-state index < -0.39 is 11.6 Å². The van der Waals surface area contributed by atoms with Crippen molar-refractivity contribution in [3.05, 3.63) is 68.3 Å². The minimum Gasteiger partial charge on any atom is -0.423 e. The number of esters is 1. The molecule has 0 saturated carbocycles. The molecule has 25 heavy (non-hydrogen) atoms. The topological polar surface area (TPSA) is 69.4 Å². The monoisotopic (exact) mass is 377 g/mol. The average molecular weight is 378 g/mol. The molecule has 0 saturated heterocycles. The number of carbonyl (C=O) groups excluding carboxylic acids is 1. The van der Waals surface area contributed by atoms with E-state index >= 15 is 0 Å². The Morgan fingerprint density at radius 2 is 2.04 bits per heavy atom. The van der Waals surface area contributed by atoms with Gasteiger partial charge in [0.1, 0.15) is 16.5 Å². The number of pyridine rings is 1. The first-order chi connectivity index (χ1) is 12.0. The maximum Gasteiger partial charge on any atom is 0.345 e. The molecule has 0 unspecified atom stereocenters. The summed E-state index contributed by atoms with van der Waals surface area (Å²) in [5.74, 6) is -0.391. The molecule has 1 aromatic carbocycles.